The molecule has 1 aliphatic heterocycles. The Labute approximate surface area is 112 Å². The van der Waals surface area contributed by atoms with E-state index in [0.29, 0.717) is 37.4 Å². The number of halogens is 1. The van der Waals surface area contributed by atoms with Crippen LogP contribution < -0.4 is 4.74 Å². The Morgan fingerprint density at radius 3 is 2.58 bits per heavy atom. The lowest BCUT2D eigenvalue weighted by atomic mass is 9.84. The van der Waals surface area contributed by atoms with Crippen molar-refractivity contribution in [2.45, 2.75) is 24.5 Å². The van der Waals surface area contributed by atoms with Crippen molar-refractivity contribution in [1.82, 2.24) is 0 Å². The second kappa shape index (κ2) is 5.86. The molecule has 1 unspecified atom stereocenters. The Morgan fingerprint density at radius 1 is 1.32 bits per heavy atom. The molecule has 0 aromatic heterocycles. The molecule has 0 amide bonds. The van der Waals surface area contributed by atoms with Crippen LogP contribution in [-0.4, -0.2) is 38.1 Å². The number of aliphatic hydroxyl groups excluding tert-OH is 1. The summed E-state index contributed by atoms with van der Waals surface area (Å²) in [4.78, 5) is 0. The van der Waals surface area contributed by atoms with Gasteiger partial charge in [-0.3, -0.25) is 0 Å². The van der Waals surface area contributed by atoms with Gasteiger partial charge in [-0.05, 0) is 18.2 Å². The number of ether oxygens (including phenoxy) is 3. The maximum Gasteiger partial charge on any atom is 0.124 e. The first-order valence-electron chi connectivity index (χ1n) is 6.27. The molecule has 1 fully saturated rings. The van der Waals surface area contributed by atoms with E-state index in [0.717, 1.165) is 0 Å². The topological polar surface area (TPSA) is 47.9 Å². The molecule has 2 rings (SSSR count). The summed E-state index contributed by atoms with van der Waals surface area (Å²) in [6, 6.07) is 4.11. The number of rotatable bonds is 4. The van der Waals surface area contributed by atoms with Crippen molar-refractivity contribution < 1.29 is 23.7 Å². The molecule has 4 nitrogen and oxygen atoms in total. The lowest BCUT2D eigenvalue weighted by Gasteiger charge is -2.40. The van der Waals surface area contributed by atoms with E-state index >= 15 is 0 Å². The second-order valence-electron chi connectivity index (χ2n) is 4.67. The lowest BCUT2D eigenvalue weighted by Crippen LogP contribution is -2.44. The summed E-state index contributed by atoms with van der Waals surface area (Å²) < 4.78 is 29.4. The van der Waals surface area contributed by atoms with Crippen LogP contribution in [0.25, 0.3) is 0 Å². The highest BCUT2D eigenvalue weighted by atomic mass is 19.1. The Kier molecular flexibility index (Phi) is 4.39. The molecule has 1 aromatic rings. The molecule has 1 aromatic carbocycles. The fraction of sp³-hybridized carbons (Fsp3) is 0.571. The minimum atomic E-state index is -0.952. The molecule has 19 heavy (non-hydrogen) atoms. The fourth-order valence-electron chi connectivity index (χ4n) is 2.51. The normalized spacial score (nSPS) is 20.0. The molecule has 0 spiro atoms. The zero-order valence-corrected chi connectivity index (χ0v) is 11.2. The molecule has 0 aliphatic carbocycles. The predicted octanol–water partition coefficient (Wildman–Crippen LogP) is 2.06. The maximum atomic E-state index is 13.4. The van der Waals surface area contributed by atoms with Crippen molar-refractivity contribution in [2.75, 3.05) is 27.4 Å². The SMILES string of the molecule is COc1ccc(F)cc1C(O)C1(OC)CCOCC1. The predicted molar refractivity (Wildman–Crippen MR) is 67.7 cm³/mol. The molecule has 1 atom stereocenters. The molecule has 0 radical (unpaired) electrons. The highest BCUT2D eigenvalue weighted by Gasteiger charge is 2.41. The van der Waals surface area contributed by atoms with E-state index in [4.69, 9.17) is 14.2 Å². The third kappa shape index (κ3) is 2.73. The van der Waals surface area contributed by atoms with Crippen LogP contribution in [0.3, 0.4) is 0 Å². The van der Waals surface area contributed by atoms with Crippen molar-refractivity contribution in [3.05, 3.63) is 29.6 Å². The molecule has 0 saturated carbocycles. The second-order valence-corrected chi connectivity index (χ2v) is 4.67. The van der Waals surface area contributed by atoms with Crippen LogP contribution in [0.1, 0.15) is 24.5 Å². The maximum absolute atomic E-state index is 13.4. The summed E-state index contributed by atoms with van der Waals surface area (Å²) in [5, 5.41) is 10.6. The van der Waals surface area contributed by atoms with Crippen LogP contribution in [0, 0.1) is 5.82 Å². The van der Waals surface area contributed by atoms with Gasteiger partial charge in [-0.15, -0.1) is 0 Å². The van der Waals surface area contributed by atoms with Gasteiger partial charge in [0.25, 0.3) is 0 Å². The zero-order chi connectivity index (χ0) is 13.9. The summed E-state index contributed by atoms with van der Waals surface area (Å²) in [5.74, 6) is 0.0463. The minimum Gasteiger partial charge on any atom is -0.496 e. The standard InChI is InChI=1S/C14H19FO4/c1-17-12-4-3-10(15)9-11(12)13(16)14(18-2)5-7-19-8-6-14/h3-4,9,13,16H,5-8H2,1-2H3. The van der Waals surface area contributed by atoms with E-state index in [9.17, 15) is 9.50 Å². The van der Waals surface area contributed by atoms with Gasteiger partial charge < -0.3 is 19.3 Å². The fourth-order valence-corrected chi connectivity index (χ4v) is 2.51. The van der Waals surface area contributed by atoms with Crippen LogP contribution in [0.2, 0.25) is 0 Å². The van der Waals surface area contributed by atoms with Crippen LogP contribution in [-0.2, 0) is 9.47 Å². The third-order valence-electron chi connectivity index (χ3n) is 3.73. The van der Waals surface area contributed by atoms with Gasteiger partial charge in [0.1, 0.15) is 23.3 Å². The number of hydrogen-bond donors (Lipinski definition) is 1. The van der Waals surface area contributed by atoms with Gasteiger partial charge >= 0.3 is 0 Å². The van der Waals surface area contributed by atoms with Crippen molar-refractivity contribution >= 4 is 0 Å². The molecule has 1 saturated heterocycles. The van der Waals surface area contributed by atoms with Crippen LogP contribution in [0.15, 0.2) is 18.2 Å². The van der Waals surface area contributed by atoms with Crippen LogP contribution in [0.4, 0.5) is 4.39 Å². The smallest absolute Gasteiger partial charge is 0.124 e. The molecular formula is C14H19FO4. The third-order valence-corrected chi connectivity index (χ3v) is 3.73. The van der Waals surface area contributed by atoms with E-state index < -0.39 is 17.5 Å². The number of benzene rings is 1. The van der Waals surface area contributed by atoms with Gasteiger partial charge in [0.15, 0.2) is 0 Å². The lowest BCUT2D eigenvalue weighted by molar-refractivity contribution is -0.154. The number of aliphatic hydroxyl groups is 1. The molecule has 0 bridgehead atoms. The summed E-state index contributed by atoms with van der Waals surface area (Å²) >= 11 is 0. The Balaban J connectivity index is 2.36. The van der Waals surface area contributed by atoms with E-state index in [1.165, 1.54) is 25.3 Å². The van der Waals surface area contributed by atoms with Crippen molar-refractivity contribution in [1.29, 1.82) is 0 Å². The highest BCUT2D eigenvalue weighted by Crippen LogP contribution is 2.40. The number of methoxy groups -OCH3 is 2. The van der Waals surface area contributed by atoms with Gasteiger partial charge in [-0.2, -0.15) is 0 Å². The first kappa shape index (κ1) is 14.2. The summed E-state index contributed by atoms with van der Waals surface area (Å²) in [5.41, 5.74) is -0.342. The summed E-state index contributed by atoms with van der Waals surface area (Å²) in [6.07, 6.45) is 0.168. The van der Waals surface area contributed by atoms with Gasteiger partial charge in [0.2, 0.25) is 0 Å². The van der Waals surface area contributed by atoms with E-state index in [1.54, 1.807) is 7.11 Å². The minimum absolute atomic E-state index is 0.409. The zero-order valence-electron chi connectivity index (χ0n) is 11.2. The Hall–Kier alpha value is -1.17. The number of hydrogen-bond acceptors (Lipinski definition) is 4. The molecule has 1 aliphatic rings. The molecule has 5 heteroatoms. The van der Waals surface area contributed by atoms with Crippen molar-refractivity contribution in [3.8, 4) is 5.75 Å². The first-order chi connectivity index (χ1) is 9.13. The van der Waals surface area contributed by atoms with Crippen LogP contribution >= 0.6 is 0 Å². The first-order valence-corrected chi connectivity index (χ1v) is 6.27. The molecular weight excluding hydrogens is 251 g/mol. The van der Waals surface area contributed by atoms with Gasteiger partial charge in [0.05, 0.1) is 7.11 Å². The summed E-state index contributed by atoms with van der Waals surface area (Å²) in [6.45, 7) is 1.03. The highest BCUT2D eigenvalue weighted by molar-refractivity contribution is 5.37. The quantitative estimate of drug-likeness (QED) is 0.910. The molecule has 1 heterocycles. The summed E-state index contributed by atoms with van der Waals surface area (Å²) in [7, 11) is 3.05. The Bertz CT molecular complexity index is 429. The molecule has 1 N–H and O–H groups in total. The van der Waals surface area contributed by atoms with Crippen molar-refractivity contribution in [3.63, 3.8) is 0 Å². The van der Waals surface area contributed by atoms with E-state index in [-0.39, 0.29) is 0 Å². The van der Waals surface area contributed by atoms with Gasteiger partial charge in [-0.1, -0.05) is 0 Å². The van der Waals surface area contributed by atoms with Crippen molar-refractivity contribution in [2.24, 2.45) is 0 Å². The van der Waals surface area contributed by atoms with E-state index in [2.05, 4.69) is 0 Å². The Morgan fingerprint density at radius 2 is 2.00 bits per heavy atom. The molecule has 106 valence electrons. The van der Waals surface area contributed by atoms with Crippen LogP contribution in [0.5, 0.6) is 5.75 Å². The van der Waals surface area contributed by atoms with Gasteiger partial charge in [-0.25, -0.2) is 4.39 Å². The van der Waals surface area contributed by atoms with Gasteiger partial charge in [0, 0.05) is 38.7 Å². The van der Waals surface area contributed by atoms with E-state index in [1.807, 2.05) is 0 Å². The average molecular weight is 270 g/mol. The largest absolute Gasteiger partial charge is 0.496 e. The average Bonchev–Trinajstić information content (AvgIpc) is 2.47. The monoisotopic (exact) mass is 270 g/mol.